The highest BCUT2D eigenvalue weighted by Gasteiger charge is 2.08. The minimum Gasteiger partial charge on any atom is -0.325 e. The molecule has 0 fully saturated rings. The fourth-order valence-corrected chi connectivity index (χ4v) is 1.28. The molecule has 66 valence electrons. The summed E-state index contributed by atoms with van der Waals surface area (Å²) in [6.07, 6.45) is 2.29. The lowest BCUT2D eigenvalue weighted by Crippen LogP contribution is -2.05. The molecule has 12 heavy (non-hydrogen) atoms. The summed E-state index contributed by atoms with van der Waals surface area (Å²) in [5.74, 6) is 0. The largest absolute Gasteiger partial charge is 0.325 e. The first-order valence-electron chi connectivity index (χ1n) is 3.25. The van der Waals surface area contributed by atoms with E-state index in [0.717, 1.165) is 6.26 Å². The van der Waals surface area contributed by atoms with Crippen molar-refractivity contribution in [1.29, 1.82) is 0 Å². The summed E-state index contributed by atoms with van der Waals surface area (Å²) < 4.78 is 21.9. The van der Waals surface area contributed by atoms with Gasteiger partial charge in [-0.25, -0.2) is 18.4 Å². The zero-order valence-electron chi connectivity index (χ0n) is 6.56. The summed E-state index contributed by atoms with van der Waals surface area (Å²) in [5.41, 5.74) is 5.80. The van der Waals surface area contributed by atoms with E-state index in [0.29, 0.717) is 5.69 Å². The number of aromatic nitrogens is 2. The standard InChI is InChI=1S/C6H9N3O2S/c1-12(10,11)6-2-5(3-7)8-4-9-6/h2,4H,3,7H2,1H3. The first-order chi connectivity index (χ1) is 5.54. The molecule has 6 heteroatoms. The molecule has 0 saturated carbocycles. The quantitative estimate of drug-likeness (QED) is 0.621. The van der Waals surface area contributed by atoms with Crippen LogP contribution < -0.4 is 5.73 Å². The van der Waals surface area contributed by atoms with Crippen molar-refractivity contribution in [2.45, 2.75) is 11.6 Å². The summed E-state index contributed by atoms with van der Waals surface area (Å²) >= 11 is 0. The van der Waals surface area contributed by atoms with E-state index in [1.54, 1.807) is 0 Å². The molecule has 1 aromatic heterocycles. The van der Waals surface area contributed by atoms with Gasteiger partial charge in [0.25, 0.3) is 0 Å². The molecule has 0 aromatic carbocycles. The average Bonchev–Trinajstić information content (AvgIpc) is 2.03. The molecule has 0 aliphatic carbocycles. The van der Waals surface area contributed by atoms with Gasteiger partial charge in [0.2, 0.25) is 0 Å². The predicted molar refractivity (Wildman–Crippen MR) is 43.0 cm³/mol. The molecular weight excluding hydrogens is 178 g/mol. The highest BCUT2D eigenvalue weighted by Crippen LogP contribution is 2.04. The monoisotopic (exact) mass is 187 g/mol. The number of rotatable bonds is 2. The topological polar surface area (TPSA) is 85.9 Å². The van der Waals surface area contributed by atoms with Crippen molar-refractivity contribution in [3.8, 4) is 0 Å². The SMILES string of the molecule is CS(=O)(=O)c1cc(CN)ncn1. The number of nitrogens with two attached hydrogens (primary N) is 1. The van der Waals surface area contributed by atoms with Gasteiger partial charge in [-0.3, -0.25) is 0 Å². The molecule has 0 atom stereocenters. The number of nitrogens with zero attached hydrogens (tertiary/aromatic N) is 2. The van der Waals surface area contributed by atoms with Crippen LogP contribution >= 0.6 is 0 Å². The Morgan fingerprint density at radius 1 is 1.50 bits per heavy atom. The summed E-state index contributed by atoms with van der Waals surface area (Å²) in [6.45, 7) is 0.213. The van der Waals surface area contributed by atoms with E-state index >= 15 is 0 Å². The van der Waals surface area contributed by atoms with E-state index in [1.165, 1.54) is 12.4 Å². The number of hydrogen-bond acceptors (Lipinski definition) is 5. The third-order valence-corrected chi connectivity index (χ3v) is 2.27. The molecule has 0 bridgehead atoms. The number of sulfone groups is 1. The van der Waals surface area contributed by atoms with Gasteiger partial charge in [-0.15, -0.1) is 0 Å². The minimum atomic E-state index is -3.24. The van der Waals surface area contributed by atoms with Crippen LogP contribution in [0.2, 0.25) is 0 Å². The van der Waals surface area contributed by atoms with Crippen LogP contribution in [0.15, 0.2) is 17.4 Å². The lowest BCUT2D eigenvalue weighted by molar-refractivity contribution is 0.597. The highest BCUT2D eigenvalue weighted by molar-refractivity contribution is 7.90. The Morgan fingerprint density at radius 2 is 2.17 bits per heavy atom. The number of hydrogen-bond donors (Lipinski definition) is 1. The van der Waals surface area contributed by atoms with E-state index in [-0.39, 0.29) is 11.6 Å². The van der Waals surface area contributed by atoms with Crippen molar-refractivity contribution in [2.75, 3.05) is 6.26 Å². The minimum absolute atomic E-state index is 0.0120. The Labute approximate surface area is 70.6 Å². The van der Waals surface area contributed by atoms with Crippen LogP contribution in [0.1, 0.15) is 5.69 Å². The van der Waals surface area contributed by atoms with Crippen LogP contribution in [0, 0.1) is 0 Å². The zero-order valence-corrected chi connectivity index (χ0v) is 7.37. The van der Waals surface area contributed by atoms with E-state index < -0.39 is 9.84 Å². The highest BCUT2D eigenvalue weighted by atomic mass is 32.2. The Balaban J connectivity index is 3.20. The van der Waals surface area contributed by atoms with Gasteiger partial charge in [0.05, 0.1) is 5.69 Å². The van der Waals surface area contributed by atoms with Crippen molar-refractivity contribution in [3.63, 3.8) is 0 Å². The molecule has 2 N–H and O–H groups in total. The van der Waals surface area contributed by atoms with Crippen LogP contribution in [0.3, 0.4) is 0 Å². The van der Waals surface area contributed by atoms with Gasteiger partial charge < -0.3 is 5.73 Å². The summed E-state index contributed by atoms with van der Waals surface area (Å²) in [4.78, 5) is 7.37. The van der Waals surface area contributed by atoms with Crippen molar-refractivity contribution in [3.05, 3.63) is 18.1 Å². The van der Waals surface area contributed by atoms with Crippen LogP contribution in [-0.2, 0) is 16.4 Å². The van der Waals surface area contributed by atoms with E-state index in [1.807, 2.05) is 0 Å². The molecule has 0 saturated heterocycles. The summed E-state index contributed by atoms with van der Waals surface area (Å²) in [7, 11) is -3.24. The molecule has 0 unspecified atom stereocenters. The van der Waals surface area contributed by atoms with Crippen LogP contribution in [0.4, 0.5) is 0 Å². The van der Waals surface area contributed by atoms with E-state index in [9.17, 15) is 8.42 Å². The molecule has 1 aromatic rings. The second-order valence-corrected chi connectivity index (χ2v) is 4.29. The van der Waals surface area contributed by atoms with Crippen LogP contribution in [0.25, 0.3) is 0 Å². The fourth-order valence-electron chi connectivity index (χ4n) is 0.691. The summed E-state index contributed by atoms with van der Waals surface area (Å²) in [5, 5.41) is 0.0120. The maximum absolute atomic E-state index is 11.0. The second-order valence-electron chi connectivity index (χ2n) is 2.32. The van der Waals surface area contributed by atoms with Gasteiger partial charge in [0, 0.05) is 12.8 Å². The molecule has 0 spiro atoms. The fraction of sp³-hybridized carbons (Fsp3) is 0.333. The molecule has 5 nitrogen and oxygen atoms in total. The third kappa shape index (κ3) is 1.99. The smallest absolute Gasteiger partial charge is 0.192 e. The Kier molecular flexibility index (Phi) is 2.39. The van der Waals surface area contributed by atoms with Crippen LogP contribution in [0.5, 0.6) is 0 Å². The maximum Gasteiger partial charge on any atom is 0.192 e. The molecule has 0 aliphatic heterocycles. The Hall–Kier alpha value is -1.01. The normalized spacial score (nSPS) is 11.5. The van der Waals surface area contributed by atoms with E-state index in [4.69, 9.17) is 5.73 Å². The first kappa shape index (κ1) is 9.08. The molecular formula is C6H9N3O2S. The molecule has 1 heterocycles. The van der Waals surface area contributed by atoms with Gasteiger partial charge in [-0.05, 0) is 6.07 Å². The molecule has 1 rings (SSSR count). The average molecular weight is 187 g/mol. The van der Waals surface area contributed by atoms with Crippen LogP contribution in [-0.4, -0.2) is 24.6 Å². The van der Waals surface area contributed by atoms with Crippen molar-refractivity contribution >= 4 is 9.84 Å². The molecule has 0 radical (unpaired) electrons. The van der Waals surface area contributed by atoms with Gasteiger partial charge >= 0.3 is 0 Å². The maximum atomic E-state index is 11.0. The lowest BCUT2D eigenvalue weighted by Gasteiger charge is -1.98. The van der Waals surface area contributed by atoms with Gasteiger partial charge in [-0.1, -0.05) is 0 Å². The van der Waals surface area contributed by atoms with Gasteiger partial charge in [0.1, 0.15) is 6.33 Å². The van der Waals surface area contributed by atoms with E-state index in [2.05, 4.69) is 9.97 Å². The first-order valence-corrected chi connectivity index (χ1v) is 5.14. The van der Waals surface area contributed by atoms with Crippen molar-refractivity contribution < 1.29 is 8.42 Å². The van der Waals surface area contributed by atoms with Gasteiger partial charge in [0.15, 0.2) is 14.9 Å². The zero-order chi connectivity index (χ0) is 9.19. The summed E-state index contributed by atoms with van der Waals surface area (Å²) in [6, 6.07) is 1.37. The second kappa shape index (κ2) is 3.16. The molecule has 0 amide bonds. The van der Waals surface area contributed by atoms with Crippen molar-refractivity contribution in [1.82, 2.24) is 9.97 Å². The lowest BCUT2D eigenvalue weighted by atomic mass is 10.4. The Bertz CT molecular complexity index is 374. The molecule has 0 aliphatic rings. The van der Waals surface area contributed by atoms with Gasteiger partial charge in [-0.2, -0.15) is 0 Å². The Morgan fingerprint density at radius 3 is 2.67 bits per heavy atom. The predicted octanol–water partition coefficient (Wildman–Crippen LogP) is -0.661. The third-order valence-electron chi connectivity index (χ3n) is 1.29. The van der Waals surface area contributed by atoms with Crippen molar-refractivity contribution in [2.24, 2.45) is 5.73 Å².